The summed E-state index contributed by atoms with van der Waals surface area (Å²) in [4.78, 5) is 24.7. The number of Topliss-reactive ketones (excluding diaryl/α,β-unsaturated/α-hetero) is 1. The molecule has 1 atom stereocenters. The summed E-state index contributed by atoms with van der Waals surface area (Å²) in [6.45, 7) is 4.47. The molecule has 0 fully saturated rings. The van der Waals surface area contributed by atoms with Gasteiger partial charge in [0.2, 0.25) is 5.91 Å². The van der Waals surface area contributed by atoms with E-state index in [0.29, 0.717) is 12.2 Å². The number of fused-ring (bicyclic) bond motifs is 1. The fourth-order valence-electron chi connectivity index (χ4n) is 3.16. The Balaban J connectivity index is 1.59. The Labute approximate surface area is 148 Å². The molecule has 25 heavy (non-hydrogen) atoms. The van der Waals surface area contributed by atoms with E-state index >= 15 is 0 Å². The number of nitrogens with one attached hydrogen (secondary N) is 1. The summed E-state index contributed by atoms with van der Waals surface area (Å²) in [6.07, 6.45) is 1.17. The molecule has 1 aliphatic rings. The number of carbonyl (C=O) groups is 2. The second-order valence-electron chi connectivity index (χ2n) is 6.54. The van der Waals surface area contributed by atoms with Gasteiger partial charge in [0.25, 0.3) is 0 Å². The molecule has 1 heterocycles. The van der Waals surface area contributed by atoms with Crippen molar-refractivity contribution in [3.05, 3.63) is 64.7 Å². The van der Waals surface area contributed by atoms with Crippen molar-refractivity contribution in [2.45, 2.75) is 39.2 Å². The van der Waals surface area contributed by atoms with Crippen LogP contribution in [0, 0.1) is 13.8 Å². The summed E-state index contributed by atoms with van der Waals surface area (Å²) < 4.78 is 5.61. The van der Waals surface area contributed by atoms with Crippen molar-refractivity contribution in [3.8, 4) is 5.75 Å². The van der Waals surface area contributed by atoms with E-state index in [9.17, 15) is 9.59 Å². The van der Waals surface area contributed by atoms with Crippen LogP contribution in [0.1, 0.15) is 52.4 Å². The predicted octanol–water partition coefficient (Wildman–Crippen LogP) is 3.91. The summed E-state index contributed by atoms with van der Waals surface area (Å²) in [6, 6.07) is 13.5. The average molecular weight is 337 g/mol. The monoisotopic (exact) mass is 337 g/mol. The molecule has 0 spiro atoms. The molecule has 1 amide bonds. The Bertz CT molecular complexity index is 797. The molecule has 1 unspecified atom stereocenters. The number of hydrogen-bond acceptors (Lipinski definition) is 3. The van der Waals surface area contributed by atoms with Gasteiger partial charge in [0.15, 0.2) is 5.78 Å². The highest BCUT2D eigenvalue weighted by molar-refractivity contribution is 5.99. The van der Waals surface area contributed by atoms with Crippen molar-refractivity contribution >= 4 is 11.7 Å². The van der Waals surface area contributed by atoms with E-state index in [-0.39, 0.29) is 30.6 Å². The van der Waals surface area contributed by atoms with Crippen LogP contribution in [0.15, 0.2) is 42.5 Å². The number of aryl methyl sites for hydroxylation is 2. The molecule has 1 aliphatic heterocycles. The van der Waals surface area contributed by atoms with E-state index in [1.54, 1.807) is 0 Å². The molecule has 0 saturated heterocycles. The minimum atomic E-state index is -0.0969. The van der Waals surface area contributed by atoms with Crippen molar-refractivity contribution < 1.29 is 14.3 Å². The molecule has 0 radical (unpaired) electrons. The van der Waals surface area contributed by atoms with Crippen LogP contribution in [0.4, 0.5) is 0 Å². The third kappa shape index (κ3) is 4.08. The minimum absolute atomic E-state index is 0.0173. The second kappa shape index (κ2) is 7.51. The quantitative estimate of drug-likeness (QED) is 0.842. The third-order valence-corrected chi connectivity index (χ3v) is 4.57. The van der Waals surface area contributed by atoms with Gasteiger partial charge in [-0.1, -0.05) is 35.9 Å². The lowest BCUT2D eigenvalue weighted by Gasteiger charge is -2.26. The number of amides is 1. The fraction of sp³-hybridized carbons (Fsp3) is 0.333. The number of hydrogen-bond donors (Lipinski definition) is 1. The maximum atomic E-state index is 12.4. The molecule has 2 aromatic carbocycles. The topological polar surface area (TPSA) is 55.4 Å². The smallest absolute Gasteiger partial charge is 0.220 e. The van der Waals surface area contributed by atoms with Gasteiger partial charge in [0.05, 0.1) is 12.6 Å². The van der Waals surface area contributed by atoms with Crippen LogP contribution in [0.5, 0.6) is 5.75 Å². The van der Waals surface area contributed by atoms with Gasteiger partial charge in [-0.2, -0.15) is 0 Å². The van der Waals surface area contributed by atoms with Crippen molar-refractivity contribution in [1.82, 2.24) is 5.32 Å². The van der Waals surface area contributed by atoms with Gasteiger partial charge < -0.3 is 10.1 Å². The summed E-state index contributed by atoms with van der Waals surface area (Å²) in [5.74, 6) is 0.745. The van der Waals surface area contributed by atoms with Crippen LogP contribution in [-0.2, 0) is 4.79 Å². The zero-order valence-electron chi connectivity index (χ0n) is 14.7. The normalized spacial score (nSPS) is 15.8. The van der Waals surface area contributed by atoms with Crippen LogP contribution in [0.3, 0.4) is 0 Å². The summed E-state index contributed by atoms with van der Waals surface area (Å²) in [5, 5.41) is 3.04. The fourth-order valence-corrected chi connectivity index (χ4v) is 3.16. The zero-order valence-corrected chi connectivity index (χ0v) is 14.7. The number of ketones is 1. The third-order valence-electron chi connectivity index (χ3n) is 4.57. The van der Waals surface area contributed by atoms with E-state index in [1.807, 2.05) is 56.3 Å². The van der Waals surface area contributed by atoms with E-state index in [2.05, 4.69) is 5.32 Å². The van der Waals surface area contributed by atoms with Crippen LogP contribution < -0.4 is 10.1 Å². The first-order chi connectivity index (χ1) is 12.0. The Morgan fingerprint density at radius 3 is 2.76 bits per heavy atom. The first-order valence-corrected chi connectivity index (χ1v) is 8.66. The Morgan fingerprint density at radius 1 is 1.12 bits per heavy atom. The molecule has 3 rings (SSSR count). The predicted molar refractivity (Wildman–Crippen MR) is 96.9 cm³/mol. The average Bonchev–Trinajstić information content (AvgIpc) is 2.62. The number of benzene rings is 2. The number of para-hydroxylation sites is 1. The maximum absolute atomic E-state index is 12.4. The molecule has 130 valence electrons. The minimum Gasteiger partial charge on any atom is -0.493 e. The largest absolute Gasteiger partial charge is 0.493 e. The SMILES string of the molecule is Cc1ccc(C)c(C(=O)CCC(=O)NC2CCOc3ccccc32)c1. The molecule has 4 nitrogen and oxygen atoms in total. The molecule has 0 aliphatic carbocycles. The van der Waals surface area contributed by atoms with Gasteiger partial charge in [-0.15, -0.1) is 0 Å². The molecular formula is C21H23NO3. The van der Waals surface area contributed by atoms with Crippen LogP contribution in [0.2, 0.25) is 0 Å². The molecule has 0 bridgehead atoms. The molecule has 1 N–H and O–H groups in total. The van der Waals surface area contributed by atoms with Crippen molar-refractivity contribution in [1.29, 1.82) is 0 Å². The molecular weight excluding hydrogens is 314 g/mol. The molecule has 2 aromatic rings. The highest BCUT2D eigenvalue weighted by Gasteiger charge is 2.22. The highest BCUT2D eigenvalue weighted by Crippen LogP contribution is 2.31. The van der Waals surface area contributed by atoms with Crippen LogP contribution in [-0.4, -0.2) is 18.3 Å². The first-order valence-electron chi connectivity index (χ1n) is 8.66. The van der Waals surface area contributed by atoms with Gasteiger partial charge >= 0.3 is 0 Å². The van der Waals surface area contributed by atoms with Crippen molar-refractivity contribution in [2.24, 2.45) is 0 Å². The Morgan fingerprint density at radius 2 is 1.92 bits per heavy atom. The maximum Gasteiger partial charge on any atom is 0.220 e. The standard InChI is InChI=1S/C21H23NO3/c1-14-7-8-15(2)17(13-14)19(23)9-10-21(24)22-18-11-12-25-20-6-4-3-5-16(18)20/h3-8,13,18H,9-12H2,1-2H3,(H,22,24). The Hall–Kier alpha value is -2.62. The van der Waals surface area contributed by atoms with E-state index < -0.39 is 0 Å². The van der Waals surface area contributed by atoms with Gasteiger partial charge in [0, 0.05) is 30.4 Å². The van der Waals surface area contributed by atoms with Crippen LogP contribution >= 0.6 is 0 Å². The Kier molecular flexibility index (Phi) is 5.17. The van der Waals surface area contributed by atoms with Crippen molar-refractivity contribution in [2.75, 3.05) is 6.61 Å². The van der Waals surface area contributed by atoms with Gasteiger partial charge in [-0.05, 0) is 31.5 Å². The van der Waals surface area contributed by atoms with Crippen LogP contribution in [0.25, 0.3) is 0 Å². The van der Waals surface area contributed by atoms with Gasteiger partial charge in [-0.3, -0.25) is 9.59 Å². The number of ether oxygens (including phenoxy) is 1. The van der Waals surface area contributed by atoms with E-state index in [0.717, 1.165) is 28.9 Å². The van der Waals surface area contributed by atoms with E-state index in [1.165, 1.54) is 0 Å². The summed E-state index contributed by atoms with van der Waals surface area (Å²) >= 11 is 0. The summed E-state index contributed by atoms with van der Waals surface area (Å²) in [5.41, 5.74) is 3.72. The van der Waals surface area contributed by atoms with Gasteiger partial charge in [-0.25, -0.2) is 0 Å². The summed E-state index contributed by atoms with van der Waals surface area (Å²) in [7, 11) is 0. The highest BCUT2D eigenvalue weighted by atomic mass is 16.5. The zero-order chi connectivity index (χ0) is 17.8. The molecule has 0 aromatic heterocycles. The van der Waals surface area contributed by atoms with Gasteiger partial charge in [0.1, 0.15) is 5.75 Å². The number of carbonyl (C=O) groups excluding carboxylic acids is 2. The first kappa shape index (κ1) is 17.2. The van der Waals surface area contributed by atoms with Crippen molar-refractivity contribution in [3.63, 3.8) is 0 Å². The molecule has 0 saturated carbocycles. The number of rotatable bonds is 5. The lowest BCUT2D eigenvalue weighted by atomic mass is 9.98. The van der Waals surface area contributed by atoms with E-state index in [4.69, 9.17) is 4.74 Å². The molecule has 4 heteroatoms. The lowest BCUT2D eigenvalue weighted by molar-refractivity contribution is -0.122. The second-order valence-corrected chi connectivity index (χ2v) is 6.54. The lowest BCUT2D eigenvalue weighted by Crippen LogP contribution is -2.32.